The number of urea groups is 1. The van der Waals surface area contributed by atoms with E-state index in [2.05, 4.69) is 17.6 Å². The van der Waals surface area contributed by atoms with Gasteiger partial charge in [0.2, 0.25) is 0 Å². The Hall–Kier alpha value is -0.810. The van der Waals surface area contributed by atoms with Gasteiger partial charge in [-0.15, -0.1) is 0 Å². The Morgan fingerprint density at radius 2 is 2.24 bits per heavy atom. The lowest BCUT2D eigenvalue weighted by atomic mass is 10.3. The molecule has 100 valence electrons. The predicted octanol–water partition coefficient (Wildman–Crippen LogP) is 1.28. The Kier molecular flexibility index (Phi) is 7.75. The summed E-state index contributed by atoms with van der Waals surface area (Å²) in [5, 5.41) is 5.69. The van der Waals surface area contributed by atoms with Gasteiger partial charge in [-0.25, -0.2) is 4.79 Å². The largest absolute Gasteiger partial charge is 0.381 e. The maximum atomic E-state index is 11.4. The molecule has 1 heterocycles. The zero-order chi connectivity index (χ0) is 12.3. The third-order valence-corrected chi connectivity index (χ3v) is 2.66. The second kappa shape index (κ2) is 9.24. The van der Waals surface area contributed by atoms with Gasteiger partial charge in [-0.3, -0.25) is 0 Å². The van der Waals surface area contributed by atoms with Gasteiger partial charge in [0.15, 0.2) is 0 Å². The third-order valence-electron chi connectivity index (χ3n) is 2.66. The first-order valence-electron chi connectivity index (χ1n) is 6.52. The summed E-state index contributed by atoms with van der Waals surface area (Å²) in [5.41, 5.74) is 0. The minimum Gasteiger partial charge on any atom is -0.381 e. The van der Waals surface area contributed by atoms with Crippen molar-refractivity contribution in [3.8, 4) is 0 Å². The number of nitrogens with one attached hydrogen (secondary N) is 2. The zero-order valence-corrected chi connectivity index (χ0v) is 10.7. The molecule has 1 fully saturated rings. The van der Waals surface area contributed by atoms with Crippen molar-refractivity contribution >= 4 is 6.03 Å². The zero-order valence-electron chi connectivity index (χ0n) is 10.7. The number of unbranched alkanes of at least 4 members (excludes halogenated alkanes) is 1. The highest BCUT2D eigenvalue weighted by atomic mass is 16.5. The summed E-state index contributed by atoms with van der Waals surface area (Å²) in [6.45, 7) is 5.71. The van der Waals surface area contributed by atoms with E-state index in [1.807, 2.05) is 0 Å². The van der Waals surface area contributed by atoms with Gasteiger partial charge in [0.25, 0.3) is 0 Å². The first-order valence-corrected chi connectivity index (χ1v) is 6.52. The average molecular weight is 244 g/mol. The number of carbonyl (C=O) groups is 1. The summed E-state index contributed by atoms with van der Waals surface area (Å²) in [4.78, 5) is 11.4. The molecule has 0 radical (unpaired) electrons. The summed E-state index contributed by atoms with van der Waals surface area (Å²) in [7, 11) is 0. The molecule has 0 aromatic heterocycles. The molecule has 1 aliphatic rings. The monoisotopic (exact) mass is 244 g/mol. The van der Waals surface area contributed by atoms with E-state index in [0.29, 0.717) is 19.8 Å². The van der Waals surface area contributed by atoms with Crippen molar-refractivity contribution in [3.05, 3.63) is 0 Å². The van der Waals surface area contributed by atoms with Crippen molar-refractivity contribution in [1.29, 1.82) is 0 Å². The van der Waals surface area contributed by atoms with Crippen LogP contribution < -0.4 is 10.6 Å². The quantitative estimate of drug-likeness (QED) is 0.632. The minimum atomic E-state index is -0.103. The van der Waals surface area contributed by atoms with E-state index < -0.39 is 0 Å². The van der Waals surface area contributed by atoms with Crippen molar-refractivity contribution in [2.45, 2.75) is 38.6 Å². The molecule has 1 unspecified atom stereocenters. The highest BCUT2D eigenvalue weighted by molar-refractivity contribution is 5.74. The third kappa shape index (κ3) is 7.18. The Balaban J connectivity index is 1.86. The highest BCUT2D eigenvalue weighted by Gasteiger charge is 2.16. The van der Waals surface area contributed by atoms with Crippen LogP contribution in [0.1, 0.15) is 32.6 Å². The van der Waals surface area contributed by atoms with E-state index in [9.17, 15) is 4.79 Å². The molecule has 2 N–H and O–H groups in total. The van der Waals surface area contributed by atoms with Gasteiger partial charge in [-0.05, 0) is 19.3 Å². The Labute approximate surface area is 103 Å². The molecule has 1 rings (SSSR count). The van der Waals surface area contributed by atoms with Crippen LogP contribution in [0.3, 0.4) is 0 Å². The maximum absolute atomic E-state index is 11.4. The summed E-state index contributed by atoms with van der Waals surface area (Å²) >= 11 is 0. The molecule has 1 aliphatic heterocycles. The molecule has 5 heteroatoms. The smallest absolute Gasteiger partial charge is 0.315 e. The van der Waals surface area contributed by atoms with Crippen molar-refractivity contribution < 1.29 is 14.3 Å². The molecule has 1 atom stereocenters. The lowest BCUT2D eigenvalue weighted by molar-refractivity contribution is 0.129. The molecule has 0 saturated carbocycles. The lowest BCUT2D eigenvalue weighted by Gasteiger charge is -2.11. The first-order chi connectivity index (χ1) is 8.33. The molecule has 0 bridgehead atoms. The number of amides is 2. The molecule has 0 aromatic carbocycles. The van der Waals surface area contributed by atoms with Crippen LogP contribution in [-0.2, 0) is 9.47 Å². The van der Waals surface area contributed by atoms with Crippen molar-refractivity contribution in [3.63, 3.8) is 0 Å². The second-order valence-corrected chi connectivity index (χ2v) is 4.28. The molecule has 5 nitrogen and oxygen atoms in total. The molecule has 0 spiro atoms. The van der Waals surface area contributed by atoms with Gasteiger partial charge < -0.3 is 20.1 Å². The molecule has 0 aliphatic carbocycles. The standard InChI is InChI=1S/C12H24N2O3/c1-2-3-7-16-8-4-6-13-12(15)14-11-5-9-17-10-11/h11H,2-10H2,1H3,(H2,13,14,15). The molecule has 0 aromatic rings. The summed E-state index contributed by atoms with van der Waals surface area (Å²) < 4.78 is 10.6. The molecule has 1 saturated heterocycles. The van der Waals surface area contributed by atoms with E-state index in [1.54, 1.807) is 0 Å². The van der Waals surface area contributed by atoms with Crippen molar-refractivity contribution in [1.82, 2.24) is 10.6 Å². The second-order valence-electron chi connectivity index (χ2n) is 4.28. The van der Waals surface area contributed by atoms with Gasteiger partial charge in [0.05, 0.1) is 12.6 Å². The molecular weight excluding hydrogens is 220 g/mol. The van der Waals surface area contributed by atoms with Gasteiger partial charge in [-0.2, -0.15) is 0 Å². The van der Waals surface area contributed by atoms with Crippen molar-refractivity contribution in [2.24, 2.45) is 0 Å². The van der Waals surface area contributed by atoms with Crippen LogP contribution in [0.4, 0.5) is 4.79 Å². The number of carbonyl (C=O) groups excluding carboxylic acids is 1. The Bertz CT molecular complexity index is 206. The van der Waals surface area contributed by atoms with E-state index in [-0.39, 0.29) is 12.1 Å². The van der Waals surface area contributed by atoms with Crippen LogP contribution in [0.5, 0.6) is 0 Å². The van der Waals surface area contributed by atoms with E-state index in [1.165, 1.54) is 0 Å². The fourth-order valence-corrected chi connectivity index (χ4v) is 1.61. The van der Waals surface area contributed by atoms with Gasteiger partial charge in [0.1, 0.15) is 0 Å². The lowest BCUT2D eigenvalue weighted by Crippen LogP contribution is -2.42. The van der Waals surface area contributed by atoms with Crippen LogP contribution in [0.2, 0.25) is 0 Å². The number of hydrogen-bond acceptors (Lipinski definition) is 3. The van der Waals surface area contributed by atoms with Crippen LogP contribution in [0, 0.1) is 0 Å². The predicted molar refractivity (Wildman–Crippen MR) is 66.1 cm³/mol. The molecule has 17 heavy (non-hydrogen) atoms. The van der Waals surface area contributed by atoms with Crippen LogP contribution in [0.25, 0.3) is 0 Å². The van der Waals surface area contributed by atoms with Crippen LogP contribution in [-0.4, -0.2) is 45.0 Å². The highest BCUT2D eigenvalue weighted by Crippen LogP contribution is 2.02. The maximum Gasteiger partial charge on any atom is 0.315 e. The van der Waals surface area contributed by atoms with Crippen LogP contribution >= 0.6 is 0 Å². The molecule has 2 amide bonds. The van der Waals surface area contributed by atoms with Gasteiger partial charge >= 0.3 is 6.03 Å². The summed E-state index contributed by atoms with van der Waals surface area (Å²) in [6, 6.07) is 0.0739. The average Bonchev–Trinajstić information content (AvgIpc) is 2.80. The molecular formula is C12H24N2O3. The van der Waals surface area contributed by atoms with Crippen molar-refractivity contribution in [2.75, 3.05) is 33.0 Å². The summed E-state index contributed by atoms with van der Waals surface area (Å²) in [5.74, 6) is 0. The number of rotatable bonds is 8. The van der Waals surface area contributed by atoms with E-state index in [4.69, 9.17) is 9.47 Å². The van der Waals surface area contributed by atoms with Crippen LogP contribution in [0.15, 0.2) is 0 Å². The van der Waals surface area contributed by atoms with Gasteiger partial charge in [-0.1, -0.05) is 13.3 Å². The fraction of sp³-hybridized carbons (Fsp3) is 0.917. The van der Waals surface area contributed by atoms with Gasteiger partial charge in [0, 0.05) is 26.4 Å². The Morgan fingerprint density at radius 3 is 2.94 bits per heavy atom. The normalized spacial score (nSPS) is 19.2. The Morgan fingerprint density at radius 1 is 1.41 bits per heavy atom. The number of ether oxygens (including phenoxy) is 2. The minimum absolute atomic E-state index is 0.103. The number of hydrogen-bond donors (Lipinski definition) is 2. The summed E-state index contributed by atoms with van der Waals surface area (Å²) in [6.07, 6.45) is 4.03. The fourth-order valence-electron chi connectivity index (χ4n) is 1.61. The topological polar surface area (TPSA) is 59.6 Å². The SMILES string of the molecule is CCCCOCCCNC(=O)NC1CCOC1. The van der Waals surface area contributed by atoms with E-state index >= 15 is 0 Å². The first kappa shape index (κ1) is 14.3. The van der Waals surface area contributed by atoms with E-state index in [0.717, 1.165) is 38.9 Å².